The van der Waals surface area contributed by atoms with Crippen molar-refractivity contribution < 1.29 is 24.8 Å². The maximum Gasteiger partial charge on any atom is 0.242 e. The first-order valence-corrected chi connectivity index (χ1v) is 5.29. The molecule has 0 fully saturated rings. The molecule has 0 bridgehead atoms. The van der Waals surface area contributed by atoms with Gasteiger partial charge in [0.1, 0.15) is 6.61 Å². The van der Waals surface area contributed by atoms with Crippen LogP contribution in [0.2, 0.25) is 0 Å². The SMILES string of the molecule is CC(C)(C)OC(O)C(O)(CO)OC(C)(C)C. The molecule has 0 saturated heterocycles. The standard InChI is InChI=1S/C11H24O5/c1-9(2,3)15-8(13)11(14,7-12)16-10(4,5)6/h8,12-14H,7H2,1-6H3. The van der Waals surface area contributed by atoms with Crippen LogP contribution in [-0.2, 0) is 9.47 Å². The van der Waals surface area contributed by atoms with Gasteiger partial charge in [0.2, 0.25) is 12.1 Å². The third-order valence-electron chi connectivity index (χ3n) is 1.56. The molecule has 3 N–H and O–H groups in total. The Labute approximate surface area is 97.0 Å². The fraction of sp³-hybridized carbons (Fsp3) is 1.00. The molecule has 0 amide bonds. The summed E-state index contributed by atoms with van der Waals surface area (Å²) in [5.74, 6) is -2.12. The van der Waals surface area contributed by atoms with Crippen molar-refractivity contribution in [3.8, 4) is 0 Å². The molecule has 0 spiro atoms. The van der Waals surface area contributed by atoms with Crippen molar-refractivity contribution in [3.05, 3.63) is 0 Å². The summed E-state index contributed by atoms with van der Waals surface area (Å²) in [6.45, 7) is 9.55. The molecule has 98 valence electrons. The molecule has 0 saturated carbocycles. The Morgan fingerprint density at radius 2 is 1.44 bits per heavy atom. The van der Waals surface area contributed by atoms with Crippen molar-refractivity contribution in [2.24, 2.45) is 0 Å². The second-order valence-electron chi connectivity index (χ2n) is 5.80. The van der Waals surface area contributed by atoms with E-state index in [2.05, 4.69) is 0 Å². The number of hydrogen-bond acceptors (Lipinski definition) is 5. The zero-order chi connectivity index (χ0) is 13.2. The fourth-order valence-corrected chi connectivity index (χ4v) is 1.12. The van der Waals surface area contributed by atoms with Gasteiger partial charge in [0.05, 0.1) is 11.2 Å². The molecule has 16 heavy (non-hydrogen) atoms. The molecular formula is C11H24O5. The van der Waals surface area contributed by atoms with Crippen LogP contribution in [0, 0.1) is 0 Å². The van der Waals surface area contributed by atoms with E-state index in [1.807, 2.05) is 0 Å². The third-order valence-corrected chi connectivity index (χ3v) is 1.56. The molecule has 0 aliphatic rings. The lowest BCUT2D eigenvalue weighted by Crippen LogP contribution is -2.55. The van der Waals surface area contributed by atoms with Crippen LogP contribution in [0.15, 0.2) is 0 Å². The van der Waals surface area contributed by atoms with Crippen molar-refractivity contribution in [3.63, 3.8) is 0 Å². The van der Waals surface area contributed by atoms with Crippen LogP contribution in [0.3, 0.4) is 0 Å². The van der Waals surface area contributed by atoms with Gasteiger partial charge < -0.3 is 24.8 Å². The molecule has 0 rings (SSSR count). The van der Waals surface area contributed by atoms with E-state index < -0.39 is 29.9 Å². The van der Waals surface area contributed by atoms with Crippen molar-refractivity contribution in [2.75, 3.05) is 6.61 Å². The second-order valence-corrected chi connectivity index (χ2v) is 5.80. The van der Waals surface area contributed by atoms with Gasteiger partial charge in [-0.3, -0.25) is 0 Å². The van der Waals surface area contributed by atoms with Crippen LogP contribution < -0.4 is 0 Å². The van der Waals surface area contributed by atoms with Gasteiger partial charge in [0.25, 0.3) is 0 Å². The second kappa shape index (κ2) is 4.98. The quantitative estimate of drug-likeness (QED) is 0.623. The van der Waals surface area contributed by atoms with Gasteiger partial charge in [-0.2, -0.15) is 0 Å². The molecule has 2 atom stereocenters. The van der Waals surface area contributed by atoms with E-state index in [1.165, 1.54) is 0 Å². The highest BCUT2D eigenvalue weighted by atomic mass is 16.7. The molecule has 0 heterocycles. The molecule has 0 aromatic rings. The van der Waals surface area contributed by atoms with Crippen LogP contribution in [0.25, 0.3) is 0 Å². The Kier molecular flexibility index (Phi) is 4.91. The van der Waals surface area contributed by atoms with Gasteiger partial charge in [-0.15, -0.1) is 0 Å². The van der Waals surface area contributed by atoms with E-state index in [0.29, 0.717) is 0 Å². The minimum atomic E-state index is -2.12. The molecule has 0 aliphatic carbocycles. The van der Waals surface area contributed by atoms with E-state index in [4.69, 9.17) is 14.6 Å². The Morgan fingerprint density at radius 3 is 1.69 bits per heavy atom. The average molecular weight is 236 g/mol. The predicted molar refractivity (Wildman–Crippen MR) is 59.7 cm³/mol. The van der Waals surface area contributed by atoms with Crippen LogP contribution in [0.5, 0.6) is 0 Å². The molecule has 2 unspecified atom stereocenters. The van der Waals surface area contributed by atoms with Crippen molar-refractivity contribution >= 4 is 0 Å². The van der Waals surface area contributed by atoms with Gasteiger partial charge in [-0.25, -0.2) is 0 Å². The molecule has 0 aromatic heterocycles. The summed E-state index contributed by atoms with van der Waals surface area (Å²) >= 11 is 0. The van der Waals surface area contributed by atoms with E-state index in [9.17, 15) is 10.2 Å². The van der Waals surface area contributed by atoms with E-state index in [1.54, 1.807) is 41.5 Å². The van der Waals surface area contributed by atoms with Gasteiger partial charge in [-0.1, -0.05) is 0 Å². The summed E-state index contributed by atoms with van der Waals surface area (Å²) in [4.78, 5) is 0. The van der Waals surface area contributed by atoms with Gasteiger partial charge in [0, 0.05) is 0 Å². The minimum Gasteiger partial charge on any atom is -0.391 e. The number of rotatable bonds is 4. The Hall–Kier alpha value is -0.200. The largest absolute Gasteiger partial charge is 0.391 e. The predicted octanol–water partition coefficient (Wildman–Crippen LogP) is 0.616. The molecule has 0 aliphatic heterocycles. The Morgan fingerprint density at radius 1 is 1.00 bits per heavy atom. The van der Waals surface area contributed by atoms with Crippen molar-refractivity contribution in [1.82, 2.24) is 0 Å². The van der Waals surface area contributed by atoms with Crippen LogP contribution in [0.4, 0.5) is 0 Å². The lowest BCUT2D eigenvalue weighted by atomic mass is 10.1. The van der Waals surface area contributed by atoms with Crippen molar-refractivity contribution in [2.45, 2.75) is 64.8 Å². The first-order valence-electron chi connectivity index (χ1n) is 5.29. The molecule has 0 aromatic carbocycles. The monoisotopic (exact) mass is 236 g/mol. The third kappa shape index (κ3) is 5.77. The molecule has 0 radical (unpaired) electrons. The zero-order valence-corrected chi connectivity index (χ0v) is 10.9. The molecule has 5 nitrogen and oxygen atoms in total. The van der Waals surface area contributed by atoms with Gasteiger partial charge >= 0.3 is 0 Å². The number of aliphatic hydroxyl groups is 3. The summed E-state index contributed by atoms with van der Waals surface area (Å²) < 4.78 is 10.4. The molecule has 5 heteroatoms. The fourth-order valence-electron chi connectivity index (χ4n) is 1.12. The van der Waals surface area contributed by atoms with E-state index in [-0.39, 0.29) is 0 Å². The highest BCUT2D eigenvalue weighted by Gasteiger charge is 2.42. The number of ether oxygens (including phenoxy) is 2. The summed E-state index contributed by atoms with van der Waals surface area (Å²) in [6.07, 6.45) is -1.61. The highest BCUT2D eigenvalue weighted by Crippen LogP contribution is 2.24. The summed E-state index contributed by atoms with van der Waals surface area (Å²) in [7, 11) is 0. The number of aliphatic hydroxyl groups excluding tert-OH is 2. The number of hydrogen-bond donors (Lipinski definition) is 3. The maximum atomic E-state index is 9.94. The first-order chi connectivity index (χ1) is 6.90. The van der Waals surface area contributed by atoms with Crippen LogP contribution >= 0.6 is 0 Å². The normalized spacial score (nSPS) is 19.3. The smallest absolute Gasteiger partial charge is 0.242 e. The maximum absolute atomic E-state index is 9.94. The Bertz CT molecular complexity index is 215. The summed E-state index contributed by atoms with van der Waals surface area (Å²) in [5, 5.41) is 28.8. The van der Waals surface area contributed by atoms with E-state index >= 15 is 0 Å². The van der Waals surface area contributed by atoms with E-state index in [0.717, 1.165) is 0 Å². The minimum absolute atomic E-state index is 0.649. The van der Waals surface area contributed by atoms with Gasteiger partial charge in [-0.05, 0) is 41.5 Å². The lowest BCUT2D eigenvalue weighted by molar-refractivity contribution is -0.372. The lowest BCUT2D eigenvalue weighted by Gasteiger charge is -2.38. The van der Waals surface area contributed by atoms with Crippen LogP contribution in [-0.4, -0.2) is 45.2 Å². The van der Waals surface area contributed by atoms with Crippen molar-refractivity contribution in [1.29, 1.82) is 0 Å². The topological polar surface area (TPSA) is 79.2 Å². The van der Waals surface area contributed by atoms with Crippen LogP contribution in [0.1, 0.15) is 41.5 Å². The molecular weight excluding hydrogens is 212 g/mol. The summed E-state index contributed by atoms with van der Waals surface area (Å²) in [6, 6.07) is 0. The average Bonchev–Trinajstić information content (AvgIpc) is 1.97. The zero-order valence-electron chi connectivity index (χ0n) is 10.9. The van der Waals surface area contributed by atoms with Gasteiger partial charge in [0.15, 0.2) is 0 Å². The summed E-state index contributed by atoms with van der Waals surface area (Å²) in [5.41, 5.74) is -1.36. The highest BCUT2D eigenvalue weighted by molar-refractivity contribution is 4.77. The first kappa shape index (κ1) is 15.8. The Balaban J connectivity index is 4.69.